The van der Waals surface area contributed by atoms with E-state index in [0.717, 1.165) is 93.4 Å². The van der Waals surface area contributed by atoms with Crippen molar-refractivity contribution in [3.63, 3.8) is 0 Å². The van der Waals surface area contributed by atoms with Crippen molar-refractivity contribution in [1.29, 1.82) is 0 Å². The van der Waals surface area contributed by atoms with Crippen molar-refractivity contribution in [3.05, 3.63) is 194 Å². The molecule has 10 aromatic carbocycles. The number of rotatable bonds is 4. The Kier molecular flexibility index (Phi) is 7.02. The van der Waals surface area contributed by atoms with Crippen molar-refractivity contribution in [1.82, 2.24) is 19.5 Å². The van der Waals surface area contributed by atoms with Crippen molar-refractivity contribution in [3.8, 4) is 39.9 Å². The summed E-state index contributed by atoms with van der Waals surface area (Å²) in [4.78, 5) is 16.1. The molecule has 0 radical (unpaired) electrons. The molecule has 0 fully saturated rings. The largest absolute Gasteiger partial charge is 0.456 e. The van der Waals surface area contributed by atoms with Crippen LogP contribution in [0.2, 0.25) is 0 Å². The van der Waals surface area contributed by atoms with Crippen LogP contribution in [0.25, 0.3) is 138 Å². The Labute approximate surface area is 358 Å². The first-order valence-electron chi connectivity index (χ1n) is 21.2. The van der Waals surface area contributed by atoms with Crippen LogP contribution in [-0.4, -0.2) is 19.5 Å². The van der Waals surface area contributed by atoms with E-state index < -0.39 is 0 Å². The highest BCUT2D eigenvalue weighted by Gasteiger charge is 2.24. The van der Waals surface area contributed by atoms with Crippen molar-refractivity contribution >= 4 is 98.0 Å². The quantitative estimate of drug-likeness (QED) is 0.177. The molecular weight excluding hydrogens is 773 g/mol. The summed E-state index contributed by atoms with van der Waals surface area (Å²) in [5, 5.41) is 13.4. The van der Waals surface area contributed by atoms with Gasteiger partial charge in [-0.1, -0.05) is 127 Å². The Bertz CT molecular complexity index is 4230. The summed E-state index contributed by atoms with van der Waals surface area (Å²) in [6.45, 7) is 0. The van der Waals surface area contributed by atoms with Gasteiger partial charge in [-0.05, 0) is 93.0 Å². The van der Waals surface area contributed by atoms with Crippen LogP contribution in [0, 0.1) is 0 Å². The Morgan fingerprint density at radius 3 is 1.62 bits per heavy atom. The molecule has 0 bridgehead atoms. The van der Waals surface area contributed by atoms with Crippen LogP contribution in [-0.2, 0) is 0 Å². The highest BCUT2D eigenvalue weighted by Crippen LogP contribution is 2.44. The van der Waals surface area contributed by atoms with E-state index in [1.165, 1.54) is 26.9 Å². The molecule has 6 heteroatoms. The maximum Gasteiger partial charge on any atom is 0.166 e. The molecule has 0 aliphatic heterocycles. The Morgan fingerprint density at radius 1 is 0.317 bits per heavy atom. The first-order chi connectivity index (χ1) is 31.2. The number of fused-ring (bicyclic) bond motifs is 13. The van der Waals surface area contributed by atoms with Gasteiger partial charge in [0.05, 0.1) is 16.7 Å². The average molecular weight is 805 g/mol. The van der Waals surface area contributed by atoms with Crippen molar-refractivity contribution in [2.24, 2.45) is 0 Å². The third-order valence-electron chi connectivity index (χ3n) is 12.8. The van der Waals surface area contributed by atoms with E-state index in [-0.39, 0.29) is 0 Å². The summed E-state index contributed by atoms with van der Waals surface area (Å²) < 4.78 is 15.3. The first-order valence-corrected chi connectivity index (χ1v) is 21.2. The van der Waals surface area contributed by atoms with E-state index in [2.05, 4.69) is 156 Å². The Balaban J connectivity index is 1.11. The minimum atomic E-state index is 0.555. The zero-order valence-electron chi connectivity index (χ0n) is 33.6. The zero-order chi connectivity index (χ0) is 41.2. The lowest BCUT2D eigenvalue weighted by molar-refractivity contribution is 0.668. The van der Waals surface area contributed by atoms with Gasteiger partial charge in [0.1, 0.15) is 22.3 Å². The summed E-state index contributed by atoms with van der Waals surface area (Å²) in [7, 11) is 0. The molecule has 63 heavy (non-hydrogen) atoms. The molecule has 0 unspecified atom stereocenters. The predicted molar refractivity (Wildman–Crippen MR) is 258 cm³/mol. The van der Waals surface area contributed by atoms with Gasteiger partial charge in [0.15, 0.2) is 17.5 Å². The molecule has 6 nitrogen and oxygen atoms in total. The third kappa shape index (κ3) is 5.15. The van der Waals surface area contributed by atoms with Gasteiger partial charge in [-0.3, -0.25) is 0 Å². The lowest BCUT2D eigenvalue weighted by Crippen LogP contribution is -2.04. The second-order valence-corrected chi connectivity index (χ2v) is 16.4. The van der Waals surface area contributed by atoms with Crippen LogP contribution >= 0.6 is 0 Å². The molecule has 14 aromatic rings. The maximum atomic E-state index is 6.67. The van der Waals surface area contributed by atoms with Gasteiger partial charge in [-0.15, -0.1) is 0 Å². The van der Waals surface area contributed by atoms with Crippen LogP contribution in [0.3, 0.4) is 0 Å². The lowest BCUT2D eigenvalue weighted by atomic mass is 10.0. The van der Waals surface area contributed by atoms with Crippen molar-refractivity contribution in [2.75, 3.05) is 0 Å². The highest BCUT2D eigenvalue weighted by atomic mass is 16.3. The standard InChI is InChI=1S/C57H32N4O2/c1-2-13-35-27-38(22-21-33(35)11-1)55-58-56(39-24-26-52-43(29-39)41-17-7-9-19-50(41)62-52)60-57(59-55)46-31-44-42-18-8-10-20-51(42)63-53(44)32-49(46)61-47-25-23-34-12-5-6-16-40(34)54(47)45-28-36-14-3-4-15-37(36)30-48(45)61/h1-32H. The number of hydrogen-bond acceptors (Lipinski definition) is 5. The number of aromatic nitrogens is 4. The topological polar surface area (TPSA) is 69.9 Å². The van der Waals surface area contributed by atoms with Gasteiger partial charge < -0.3 is 13.4 Å². The number of furan rings is 2. The van der Waals surface area contributed by atoms with E-state index in [9.17, 15) is 0 Å². The molecule has 0 aliphatic rings. The summed E-state index contributed by atoms with van der Waals surface area (Å²) in [5.74, 6) is 1.71. The maximum absolute atomic E-state index is 6.67. The highest BCUT2D eigenvalue weighted by molar-refractivity contribution is 6.23. The van der Waals surface area contributed by atoms with Gasteiger partial charge in [0, 0.05) is 55.1 Å². The van der Waals surface area contributed by atoms with E-state index in [1.807, 2.05) is 42.5 Å². The van der Waals surface area contributed by atoms with E-state index >= 15 is 0 Å². The van der Waals surface area contributed by atoms with Crippen molar-refractivity contribution < 1.29 is 8.83 Å². The fourth-order valence-electron chi connectivity index (χ4n) is 9.81. The minimum absolute atomic E-state index is 0.555. The Hall–Kier alpha value is -8.61. The molecule has 0 spiro atoms. The van der Waals surface area contributed by atoms with Gasteiger partial charge in [0.25, 0.3) is 0 Å². The van der Waals surface area contributed by atoms with Gasteiger partial charge in [-0.25, -0.2) is 15.0 Å². The summed E-state index contributed by atoms with van der Waals surface area (Å²) in [6.07, 6.45) is 0. The molecule has 4 heterocycles. The molecule has 0 N–H and O–H groups in total. The van der Waals surface area contributed by atoms with Crippen LogP contribution in [0.5, 0.6) is 0 Å². The van der Waals surface area contributed by atoms with Crippen LogP contribution in [0.15, 0.2) is 203 Å². The summed E-state index contributed by atoms with van der Waals surface area (Å²) >= 11 is 0. The normalized spacial score (nSPS) is 12.1. The number of nitrogens with zero attached hydrogens (tertiary/aromatic N) is 4. The van der Waals surface area contributed by atoms with Gasteiger partial charge in [-0.2, -0.15) is 0 Å². The molecule has 0 saturated carbocycles. The average Bonchev–Trinajstić information content (AvgIpc) is 4.01. The second-order valence-electron chi connectivity index (χ2n) is 16.4. The van der Waals surface area contributed by atoms with Gasteiger partial charge >= 0.3 is 0 Å². The molecule has 0 amide bonds. The van der Waals surface area contributed by atoms with E-state index in [1.54, 1.807) is 0 Å². The first kappa shape index (κ1) is 34.1. The molecular formula is C57H32N4O2. The minimum Gasteiger partial charge on any atom is -0.456 e. The molecule has 0 aliphatic carbocycles. The van der Waals surface area contributed by atoms with Crippen molar-refractivity contribution in [2.45, 2.75) is 0 Å². The number of para-hydroxylation sites is 2. The molecule has 14 rings (SSSR count). The van der Waals surface area contributed by atoms with Crippen LogP contribution in [0.1, 0.15) is 0 Å². The van der Waals surface area contributed by atoms with Gasteiger partial charge in [0.2, 0.25) is 0 Å². The molecule has 4 aromatic heterocycles. The second kappa shape index (κ2) is 12.9. The van der Waals surface area contributed by atoms with Crippen LogP contribution in [0.4, 0.5) is 0 Å². The SMILES string of the molecule is c1ccc2cc(-c3nc(-c4ccc5oc6ccccc6c5c4)nc(-c4cc5c(cc4-n4c6cc7ccccc7cc6c6c7ccccc7ccc64)oc4ccccc45)n3)ccc2c1. The van der Waals surface area contributed by atoms with E-state index in [4.69, 9.17) is 23.8 Å². The molecule has 0 saturated heterocycles. The number of hydrogen-bond donors (Lipinski definition) is 0. The summed E-state index contributed by atoms with van der Waals surface area (Å²) in [6, 6.07) is 68.1. The smallest absolute Gasteiger partial charge is 0.166 e. The van der Waals surface area contributed by atoms with Crippen LogP contribution < -0.4 is 0 Å². The third-order valence-corrected chi connectivity index (χ3v) is 12.8. The zero-order valence-corrected chi connectivity index (χ0v) is 33.6. The summed E-state index contributed by atoms with van der Waals surface area (Å²) in [5.41, 5.74) is 8.96. The fourth-order valence-corrected chi connectivity index (χ4v) is 9.81. The molecule has 292 valence electrons. The van der Waals surface area contributed by atoms with E-state index in [0.29, 0.717) is 17.5 Å². The monoisotopic (exact) mass is 804 g/mol. The lowest BCUT2D eigenvalue weighted by Gasteiger charge is -2.15. The molecule has 0 atom stereocenters. The number of benzene rings is 10. The fraction of sp³-hybridized carbons (Fsp3) is 0. The predicted octanol–water partition coefficient (Wildman–Crippen LogP) is 15.2. The Morgan fingerprint density at radius 2 is 0.857 bits per heavy atom.